The number of ether oxygens (including phenoxy) is 1. The van der Waals surface area contributed by atoms with Crippen molar-refractivity contribution in [3.05, 3.63) is 77.6 Å². The number of nitriles is 1. The van der Waals surface area contributed by atoms with Crippen LogP contribution >= 0.6 is 11.8 Å². The summed E-state index contributed by atoms with van der Waals surface area (Å²) in [6, 6.07) is 19.0. The van der Waals surface area contributed by atoms with E-state index in [9.17, 15) is 14.4 Å². The Balaban J connectivity index is 1.66. The molecule has 0 aliphatic carbocycles. The highest BCUT2D eigenvalue weighted by Crippen LogP contribution is 2.27. The van der Waals surface area contributed by atoms with E-state index in [2.05, 4.69) is 16.4 Å². The normalized spacial score (nSPS) is 10.2. The van der Waals surface area contributed by atoms with Crippen LogP contribution in [0.1, 0.15) is 11.1 Å². The maximum Gasteiger partial charge on any atom is 0.230 e. The van der Waals surface area contributed by atoms with Crippen LogP contribution in [0.25, 0.3) is 11.3 Å². The summed E-state index contributed by atoms with van der Waals surface area (Å²) in [6.45, 7) is 0.308. The molecule has 5 nitrogen and oxygen atoms in total. The molecule has 1 aromatic heterocycles. The van der Waals surface area contributed by atoms with Crippen molar-refractivity contribution in [1.29, 1.82) is 5.26 Å². The molecular weight excluding hydrogens is 389 g/mol. The fraction of sp³-hybridized carbons (Fsp3) is 0.136. The molecule has 0 radical (unpaired) electrons. The van der Waals surface area contributed by atoms with Crippen molar-refractivity contribution in [2.75, 3.05) is 12.9 Å². The lowest BCUT2D eigenvalue weighted by Gasteiger charge is -2.09. The van der Waals surface area contributed by atoms with E-state index in [4.69, 9.17) is 4.74 Å². The van der Waals surface area contributed by atoms with Crippen molar-refractivity contribution in [3.63, 3.8) is 0 Å². The van der Waals surface area contributed by atoms with E-state index in [-0.39, 0.29) is 17.5 Å². The summed E-state index contributed by atoms with van der Waals surface area (Å²) in [5, 5.41) is 12.6. The van der Waals surface area contributed by atoms with Crippen molar-refractivity contribution in [2.45, 2.75) is 11.6 Å². The first-order valence-corrected chi connectivity index (χ1v) is 9.77. The Morgan fingerprint density at radius 3 is 2.72 bits per heavy atom. The maximum atomic E-state index is 12.9. The summed E-state index contributed by atoms with van der Waals surface area (Å²) < 4.78 is 18.2. The SMILES string of the molecule is COc1cccc(-c2ccc(C#N)c(SCC(=O)NCc3ccc(F)cc3)n2)c1. The Morgan fingerprint density at radius 2 is 2.00 bits per heavy atom. The van der Waals surface area contributed by atoms with Gasteiger partial charge in [0.2, 0.25) is 5.91 Å². The molecule has 3 rings (SSSR count). The molecule has 0 bridgehead atoms. The molecule has 146 valence electrons. The second kappa shape index (κ2) is 9.71. The summed E-state index contributed by atoms with van der Waals surface area (Å²) >= 11 is 1.20. The highest BCUT2D eigenvalue weighted by atomic mass is 32.2. The summed E-state index contributed by atoms with van der Waals surface area (Å²) in [6.07, 6.45) is 0. The lowest BCUT2D eigenvalue weighted by Crippen LogP contribution is -2.24. The largest absolute Gasteiger partial charge is 0.497 e. The number of nitrogens with one attached hydrogen (secondary N) is 1. The fourth-order valence-corrected chi connectivity index (χ4v) is 3.37. The van der Waals surface area contributed by atoms with Gasteiger partial charge in [0, 0.05) is 12.1 Å². The molecular formula is C22H18FN3O2S. The number of hydrogen-bond acceptors (Lipinski definition) is 5. The minimum atomic E-state index is -0.318. The topological polar surface area (TPSA) is 75.0 Å². The number of rotatable bonds is 7. The standard InChI is InChI=1S/C22H18FN3O2S/c1-28-19-4-2-3-16(11-19)20-10-7-17(12-24)22(26-20)29-14-21(27)25-13-15-5-8-18(23)9-6-15/h2-11H,13-14H2,1H3,(H,25,27). The Kier molecular flexibility index (Phi) is 6.82. The molecule has 1 N–H and O–H groups in total. The van der Waals surface area contributed by atoms with Crippen LogP contribution in [0.3, 0.4) is 0 Å². The van der Waals surface area contributed by atoms with Gasteiger partial charge in [-0.3, -0.25) is 4.79 Å². The molecule has 3 aromatic rings. The van der Waals surface area contributed by atoms with Crippen LogP contribution in [0.15, 0.2) is 65.7 Å². The molecule has 0 fully saturated rings. The van der Waals surface area contributed by atoms with Crippen LogP contribution in [0.5, 0.6) is 5.75 Å². The molecule has 0 atom stereocenters. The highest BCUT2D eigenvalue weighted by molar-refractivity contribution is 8.00. The summed E-state index contributed by atoms with van der Waals surface area (Å²) in [5.74, 6) is 0.311. The monoisotopic (exact) mass is 407 g/mol. The van der Waals surface area contributed by atoms with Crippen LogP contribution < -0.4 is 10.1 Å². The zero-order valence-electron chi connectivity index (χ0n) is 15.7. The molecule has 0 aliphatic rings. The maximum absolute atomic E-state index is 12.9. The lowest BCUT2D eigenvalue weighted by molar-refractivity contribution is -0.118. The number of benzene rings is 2. The molecule has 1 heterocycles. The number of nitrogens with zero attached hydrogens (tertiary/aromatic N) is 2. The second-order valence-corrected chi connectivity index (χ2v) is 7.05. The Labute approximate surface area is 172 Å². The van der Waals surface area contributed by atoms with Crippen molar-refractivity contribution in [1.82, 2.24) is 10.3 Å². The molecule has 0 unspecified atom stereocenters. The Bertz CT molecular complexity index is 1050. The summed E-state index contributed by atoms with van der Waals surface area (Å²) in [7, 11) is 1.59. The number of halogens is 1. The lowest BCUT2D eigenvalue weighted by atomic mass is 10.1. The van der Waals surface area contributed by atoms with Gasteiger partial charge in [-0.05, 0) is 42.0 Å². The van der Waals surface area contributed by atoms with E-state index >= 15 is 0 Å². The molecule has 0 saturated heterocycles. The van der Waals surface area contributed by atoms with E-state index in [0.29, 0.717) is 28.6 Å². The molecule has 0 spiro atoms. The number of methoxy groups -OCH3 is 1. The van der Waals surface area contributed by atoms with Crippen molar-refractivity contribution in [2.24, 2.45) is 0 Å². The Hall–Kier alpha value is -3.37. The first kappa shape index (κ1) is 20.4. The first-order chi connectivity index (χ1) is 14.1. The predicted molar refractivity (Wildman–Crippen MR) is 110 cm³/mol. The minimum Gasteiger partial charge on any atom is -0.497 e. The summed E-state index contributed by atoms with van der Waals surface area (Å²) in [5.41, 5.74) is 2.77. The van der Waals surface area contributed by atoms with E-state index < -0.39 is 0 Å². The Morgan fingerprint density at radius 1 is 1.21 bits per heavy atom. The third kappa shape index (κ3) is 5.56. The number of hydrogen-bond donors (Lipinski definition) is 1. The summed E-state index contributed by atoms with van der Waals surface area (Å²) in [4.78, 5) is 16.7. The molecule has 1 amide bonds. The van der Waals surface area contributed by atoms with E-state index in [0.717, 1.165) is 11.1 Å². The smallest absolute Gasteiger partial charge is 0.230 e. The van der Waals surface area contributed by atoms with Gasteiger partial charge in [-0.25, -0.2) is 9.37 Å². The fourth-order valence-electron chi connectivity index (χ4n) is 2.57. The van der Waals surface area contributed by atoms with E-state index in [1.807, 2.05) is 24.3 Å². The quantitative estimate of drug-likeness (QED) is 0.595. The molecule has 0 aliphatic heterocycles. The zero-order chi connectivity index (χ0) is 20.6. The predicted octanol–water partition coefficient (Wildman–Crippen LogP) is 4.18. The number of thioether (sulfide) groups is 1. The van der Waals surface area contributed by atoms with Gasteiger partial charge < -0.3 is 10.1 Å². The van der Waals surface area contributed by atoms with Crippen molar-refractivity contribution >= 4 is 17.7 Å². The van der Waals surface area contributed by atoms with Crippen molar-refractivity contribution in [3.8, 4) is 23.1 Å². The van der Waals surface area contributed by atoms with Crippen LogP contribution in [0.2, 0.25) is 0 Å². The van der Waals surface area contributed by atoms with Gasteiger partial charge in [0.05, 0.1) is 24.1 Å². The minimum absolute atomic E-state index is 0.116. The van der Waals surface area contributed by atoms with Crippen molar-refractivity contribution < 1.29 is 13.9 Å². The average Bonchev–Trinajstić information content (AvgIpc) is 2.77. The van der Waals surface area contributed by atoms with Gasteiger partial charge in [0.1, 0.15) is 22.7 Å². The van der Waals surface area contributed by atoms with Gasteiger partial charge >= 0.3 is 0 Å². The number of amides is 1. The third-order valence-electron chi connectivity index (χ3n) is 4.09. The number of aromatic nitrogens is 1. The average molecular weight is 407 g/mol. The second-order valence-electron chi connectivity index (χ2n) is 6.08. The van der Waals surface area contributed by atoms with Gasteiger partial charge in [0.15, 0.2) is 0 Å². The zero-order valence-corrected chi connectivity index (χ0v) is 16.5. The third-order valence-corrected chi connectivity index (χ3v) is 5.08. The number of carbonyl (C=O) groups is 1. The van der Waals surface area contributed by atoms with Gasteiger partial charge in [0.25, 0.3) is 0 Å². The van der Waals surface area contributed by atoms with Crippen LogP contribution in [0, 0.1) is 17.1 Å². The molecule has 0 saturated carbocycles. The molecule has 2 aromatic carbocycles. The molecule has 7 heteroatoms. The van der Waals surface area contributed by atoms with E-state index in [1.54, 1.807) is 31.4 Å². The van der Waals surface area contributed by atoms with E-state index in [1.165, 1.54) is 23.9 Å². The number of pyridine rings is 1. The molecule has 29 heavy (non-hydrogen) atoms. The van der Waals surface area contributed by atoms with Crippen LogP contribution in [-0.4, -0.2) is 23.8 Å². The van der Waals surface area contributed by atoms with Gasteiger partial charge in [-0.2, -0.15) is 5.26 Å². The van der Waals surface area contributed by atoms with Gasteiger partial charge in [-0.1, -0.05) is 36.0 Å². The number of carbonyl (C=O) groups excluding carboxylic acids is 1. The highest BCUT2D eigenvalue weighted by Gasteiger charge is 2.11. The first-order valence-electron chi connectivity index (χ1n) is 8.78. The van der Waals surface area contributed by atoms with Crippen LogP contribution in [-0.2, 0) is 11.3 Å². The van der Waals surface area contributed by atoms with Gasteiger partial charge in [-0.15, -0.1) is 0 Å². The van der Waals surface area contributed by atoms with Crippen LogP contribution in [0.4, 0.5) is 4.39 Å².